The molecule has 0 spiro atoms. The quantitative estimate of drug-likeness (QED) is 0.0819. The molecule has 0 aliphatic carbocycles. The van der Waals surface area contributed by atoms with Crippen LogP contribution in [0.2, 0.25) is 0 Å². The monoisotopic (exact) mass is 604 g/mol. The Morgan fingerprint density at radius 1 is 0.907 bits per heavy atom. The number of aromatic hydroxyl groups is 2. The van der Waals surface area contributed by atoms with Gasteiger partial charge in [-0.25, -0.2) is 4.57 Å². The number of hydrogen-bond donors (Lipinski definition) is 7. The molecule has 2 unspecified atom stereocenters. The number of nitrogens with one attached hydrogen (secondary N) is 2. The molecule has 222 valence electrons. The first-order valence-electron chi connectivity index (χ1n) is 13.3. The highest BCUT2D eigenvalue weighted by atomic mass is 32.2. The lowest BCUT2D eigenvalue weighted by Gasteiger charge is -2.18. The summed E-state index contributed by atoms with van der Waals surface area (Å²) in [5.74, 6) is -4.70. The van der Waals surface area contributed by atoms with Gasteiger partial charge in [0.1, 0.15) is 18.6 Å². The van der Waals surface area contributed by atoms with Crippen LogP contribution in [0, 0.1) is 0 Å². The van der Waals surface area contributed by atoms with Crippen molar-refractivity contribution in [2.24, 2.45) is 5.73 Å². The molecule has 2 amide bonds. The van der Waals surface area contributed by atoms with Crippen molar-refractivity contribution < 1.29 is 39.6 Å². The minimum absolute atomic E-state index is 0.141. The summed E-state index contributed by atoms with van der Waals surface area (Å²) in [5.41, 5.74) is 5.98. The molecule has 0 saturated heterocycles. The number of carbonyl (C=O) groups is 4. The van der Waals surface area contributed by atoms with Crippen molar-refractivity contribution in [3.63, 3.8) is 0 Å². The zero-order chi connectivity index (χ0) is 30.8. The summed E-state index contributed by atoms with van der Waals surface area (Å²) in [6.45, 7) is -0.684. The molecule has 2 atom stereocenters. The van der Waals surface area contributed by atoms with Gasteiger partial charge in [0.2, 0.25) is 17.7 Å². The van der Waals surface area contributed by atoms with Crippen LogP contribution in [0.15, 0.2) is 65.6 Å². The fourth-order valence-corrected chi connectivity index (χ4v) is 6.03. The van der Waals surface area contributed by atoms with Gasteiger partial charge in [0.15, 0.2) is 5.88 Å². The minimum Gasteiger partial charge on any atom is -0.494 e. The third-order valence-corrected chi connectivity index (χ3v) is 8.25. The smallest absolute Gasteiger partial charge is 0.322 e. The lowest BCUT2D eigenvalue weighted by atomic mass is 9.93. The number of rotatable bonds is 12. The zero-order valence-corrected chi connectivity index (χ0v) is 23.4. The summed E-state index contributed by atoms with van der Waals surface area (Å²) in [7, 11) is 0. The molecule has 0 aliphatic heterocycles. The average molecular weight is 605 g/mol. The average Bonchev–Trinajstić information content (AvgIpc) is 3.27. The van der Waals surface area contributed by atoms with E-state index < -0.39 is 42.4 Å². The largest absolute Gasteiger partial charge is 0.494 e. The second-order valence-electron chi connectivity index (χ2n) is 9.99. The van der Waals surface area contributed by atoms with Crippen molar-refractivity contribution in [3.05, 3.63) is 60.7 Å². The van der Waals surface area contributed by atoms with E-state index in [-0.39, 0.29) is 35.2 Å². The van der Waals surface area contributed by atoms with Gasteiger partial charge in [0, 0.05) is 23.6 Å². The van der Waals surface area contributed by atoms with Crippen LogP contribution in [-0.4, -0.2) is 73.1 Å². The van der Waals surface area contributed by atoms with E-state index >= 15 is 0 Å². The molecule has 4 aromatic carbocycles. The number of carboxylic acid groups (broad SMARTS) is 2. The fourth-order valence-electron chi connectivity index (χ4n) is 5.04. The minimum atomic E-state index is -1.29. The topological polar surface area (TPSA) is 204 Å². The van der Waals surface area contributed by atoms with Gasteiger partial charge in [-0.2, -0.15) is 0 Å². The maximum Gasteiger partial charge on any atom is 0.322 e. The fraction of sp³-hybridized carbons (Fsp3) is 0.200. The first-order chi connectivity index (χ1) is 20.5. The molecule has 8 N–H and O–H groups in total. The van der Waals surface area contributed by atoms with Crippen molar-refractivity contribution >= 4 is 67.8 Å². The molecule has 0 bridgehead atoms. The highest BCUT2D eigenvalue weighted by Crippen LogP contribution is 2.42. The van der Waals surface area contributed by atoms with Crippen molar-refractivity contribution in [2.75, 3.05) is 12.3 Å². The normalized spacial score (nSPS) is 12.9. The van der Waals surface area contributed by atoms with Gasteiger partial charge in [-0.3, -0.25) is 19.2 Å². The van der Waals surface area contributed by atoms with Crippen molar-refractivity contribution in [2.45, 2.75) is 29.8 Å². The molecule has 0 aliphatic rings. The van der Waals surface area contributed by atoms with Crippen LogP contribution in [-0.2, 0) is 19.2 Å². The molecule has 0 fully saturated rings. The van der Waals surface area contributed by atoms with Gasteiger partial charge in [0.25, 0.3) is 0 Å². The van der Waals surface area contributed by atoms with E-state index in [0.29, 0.717) is 5.69 Å². The van der Waals surface area contributed by atoms with E-state index in [1.54, 1.807) is 6.07 Å². The van der Waals surface area contributed by atoms with E-state index in [9.17, 15) is 29.4 Å². The van der Waals surface area contributed by atoms with Crippen LogP contribution in [0.25, 0.3) is 38.0 Å². The van der Waals surface area contributed by atoms with E-state index in [2.05, 4.69) is 10.6 Å². The SMILES string of the molecule is NC(CCC(=O)NC(CSc1cc(O)n(-c2ccc3ccc4cccc5ccc2c3c45)c1O)C(=O)NCC(=O)O)C(=O)O. The number of carboxylic acids is 2. The Morgan fingerprint density at radius 2 is 1.56 bits per heavy atom. The molecular formula is C30H28N4O8S. The summed E-state index contributed by atoms with van der Waals surface area (Å²) >= 11 is 0.960. The van der Waals surface area contributed by atoms with Gasteiger partial charge in [-0.15, -0.1) is 11.8 Å². The lowest BCUT2D eigenvalue weighted by molar-refractivity contribution is -0.139. The predicted octanol–water partition coefficient (Wildman–Crippen LogP) is 2.76. The molecule has 5 aromatic rings. The Labute approximate surface area is 248 Å². The molecule has 1 aromatic heterocycles. The van der Waals surface area contributed by atoms with Crippen molar-refractivity contribution in [3.8, 4) is 17.4 Å². The number of nitrogens with two attached hydrogens (primary N) is 1. The van der Waals surface area contributed by atoms with E-state index in [4.69, 9.17) is 15.9 Å². The molecule has 12 nitrogen and oxygen atoms in total. The van der Waals surface area contributed by atoms with Crippen LogP contribution in [0.5, 0.6) is 11.8 Å². The Bertz CT molecular complexity index is 1850. The first kappa shape index (κ1) is 29.5. The number of benzene rings is 4. The van der Waals surface area contributed by atoms with E-state index in [1.807, 2.05) is 48.5 Å². The summed E-state index contributed by atoms with van der Waals surface area (Å²) in [6.07, 6.45) is -0.452. The summed E-state index contributed by atoms with van der Waals surface area (Å²) < 4.78 is 1.29. The zero-order valence-electron chi connectivity index (χ0n) is 22.6. The number of aromatic nitrogens is 1. The number of thioether (sulfide) groups is 1. The molecule has 0 radical (unpaired) electrons. The van der Waals surface area contributed by atoms with Gasteiger partial charge in [0.05, 0.1) is 10.6 Å². The Hall–Kier alpha value is -5.01. The Kier molecular flexibility index (Phi) is 8.28. The van der Waals surface area contributed by atoms with E-state index in [1.165, 1.54) is 10.6 Å². The van der Waals surface area contributed by atoms with Crippen LogP contribution < -0.4 is 16.4 Å². The lowest BCUT2D eigenvalue weighted by Crippen LogP contribution is -2.49. The standard InChI is InChI=1S/C30H28N4O8S/c31-19(30(41)42)9-11-23(35)33-20(28(39)32-13-25(37)38)14-43-22-12-24(36)34(29(22)40)21-10-7-17-5-4-15-2-1-3-16-6-8-18(21)27(17)26(15)16/h1-8,10,12,19-20,36,40H,9,11,13-14,31H2,(H,32,39)(H,33,35)(H,37,38)(H,41,42). The molecular weight excluding hydrogens is 576 g/mol. The highest BCUT2D eigenvalue weighted by molar-refractivity contribution is 7.99. The maximum atomic E-state index is 12.7. The third-order valence-electron chi connectivity index (χ3n) is 7.14. The molecule has 5 rings (SSSR count). The predicted molar refractivity (Wildman–Crippen MR) is 161 cm³/mol. The molecule has 43 heavy (non-hydrogen) atoms. The van der Waals surface area contributed by atoms with Gasteiger partial charge in [-0.1, -0.05) is 48.5 Å². The second kappa shape index (κ2) is 12.1. The molecule has 0 saturated carbocycles. The third kappa shape index (κ3) is 5.98. The van der Waals surface area contributed by atoms with Crippen molar-refractivity contribution in [1.29, 1.82) is 0 Å². The Morgan fingerprint density at radius 3 is 2.23 bits per heavy atom. The number of hydrogen-bond acceptors (Lipinski definition) is 8. The van der Waals surface area contributed by atoms with Gasteiger partial charge in [-0.05, 0) is 39.4 Å². The Balaban J connectivity index is 1.41. The number of aliphatic carboxylic acids is 2. The number of amides is 2. The van der Waals surface area contributed by atoms with Crippen LogP contribution >= 0.6 is 11.8 Å². The van der Waals surface area contributed by atoms with Gasteiger partial charge < -0.3 is 36.8 Å². The highest BCUT2D eigenvalue weighted by Gasteiger charge is 2.25. The van der Waals surface area contributed by atoms with Crippen LogP contribution in [0.1, 0.15) is 12.8 Å². The van der Waals surface area contributed by atoms with Crippen molar-refractivity contribution in [1.82, 2.24) is 15.2 Å². The van der Waals surface area contributed by atoms with Crippen LogP contribution in [0.4, 0.5) is 0 Å². The number of nitrogens with zero attached hydrogens (tertiary/aromatic N) is 1. The number of carbonyl (C=O) groups excluding carboxylic acids is 2. The first-order valence-corrected chi connectivity index (χ1v) is 14.2. The molecule has 1 heterocycles. The summed E-state index contributed by atoms with van der Waals surface area (Å²) in [6, 6.07) is 16.5. The summed E-state index contributed by atoms with van der Waals surface area (Å²) in [4.78, 5) is 47.3. The summed E-state index contributed by atoms with van der Waals surface area (Å²) in [5, 5.41) is 50.6. The second-order valence-corrected chi connectivity index (χ2v) is 11.1. The van der Waals surface area contributed by atoms with Crippen LogP contribution in [0.3, 0.4) is 0 Å². The van der Waals surface area contributed by atoms with Gasteiger partial charge >= 0.3 is 11.9 Å². The van der Waals surface area contributed by atoms with E-state index in [0.717, 1.165) is 44.1 Å². The maximum absolute atomic E-state index is 12.7. The molecule has 13 heteroatoms.